The number of rotatable bonds is 1. The second-order valence-electron chi connectivity index (χ2n) is 4.20. The second-order valence-corrected chi connectivity index (χ2v) is 5.27. The number of hydrogen-bond acceptors (Lipinski definition) is 1. The lowest BCUT2D eigenvalue weighted by Crippen LogP contribution is -2.05. The maximum atomic E-state index is 4.50. The van der Waals surface area contributed by atoms with Gasteiger partial charge < -0.3 is 0 Å². The van der Waals surface area contributed by atoms with E-state index in [1.54, 1.807) is 0 Å². The molecule has 0 spiro atoms. The predicted molar refractivity (Wildman–Crippen MR) is 75.4 cm³/mol. The Kier molecular flexibility index (Phi) is 2.68. The minimum atomic E-state index is 1.03. The number of benzene rings is 2. The fourth-order valence-electron chi connectivity index (χ4n) is 2.18. The van der Waals surface area contributed by atoms with Crippen molar-refractivity contribution in [2.75, 3.05) is 0 Å². The zero-order chi connectivity index (χ0) is 11.7. The van der Waals surface area contributed by atoms with Crippen molar-refractivity contribution in [2.45, 2.75) is 0 Å². The highest BCUT2D eigenvalue weighted by molar-refractivity contribution is 6.38. The normalized spacial score (nSPS) is 10.6. The highest BCUT2D eigenvalue weighted by Gasteiger charge is 2.05. The molecule has 3 aromatic rings. The summed E-state index contributed by atoms with van der Waals surface area (Å²) in [7, 11) is 0. The fourth-order valence-corrected chi connectivity index (χ4v) is 2.75. The predicted octanol–water partition coefficient (Wildman–Crippen LogP) is 2.16. The van der Waals surface area contributed by atoms with E-state index in [1.807, 2.05) is 18.3 Å². The Balaban J connectivity index is 2.35. The summed E-state index contributed by atoms with van der Waals surface area (Å²) in [5, 5.41) is 1.26. The number of nitrogens with zero attached hydrogens (tertiary/aromatic N) is 1. The van der Waals surface area contributed by atoms with E-state index in [4.69, 9.17) is 0 Å². The van der Waals surface area contributed by atoms with Crippen molar-refractivity contribution in [3.63, 3.8) is 0 Å². The van der Waals surface area contributed by atoms with Gasteiger partial charge in [0.25, 0.3) is 16.3 Å². The first-order chi connectivity index (χ1) is 8.36. The maximum absolute atomic E-state index is 4.50. The van der Waals surface area contributed by atoms with Gasteiger partial charge in [0.15, 0.2) is 0 Å². The van der Waals surface area contributed by atoms with Crippen molar-refractivity contribution < 1.29 is 0 Å². The second kappa shape index (κ2) is 4.33. The van der Waals surface area contributed by atoms with Gasteiger partial charge in [0, 0.05) is 11.6 Å². The molecule has 0 bridgehead atoms. The highest BCUT2D eigenvalue weighted by atomic mass is 27.0. The van der Waals surface area contributed by atoms with Gasteiger partial charge in [-0.2, -0.15) is 0 Å². The van der Waals surface area contributed by atoms with E-state index in [0.717, 1.165) is 21.8 Å². The zero-order valence-electron chi connectivity index (χ0n) is 9.72. The molecule has 0 N–H and O–H groups in total. The third-order valence-electron chi connectivity index (χ3n) is 3.06. The van der Waals surface area contributed by atoms with Crippen LogP contribution in [0.4, 0.5) is 0 Å². The Morgan fingerprint density at radius 3 is 2.47 bits per heavy atom. The molecule has 2 heteroatoms. The van der Waals surface area contributed by atoms with Crippen LogP contribution in [-0.4, -0.2) is 21.3 Å². The minimum absolute atomic E-state index is 1.03. The lowest BCUT2D eigenvalue weighted by molar-refractivity contribution is 1.42. The summed E-state index contributed by atoms with van der Waals surface area (Å²) in [6.45, 7) is 0. The van der Waals surface area contributed by atoms with Gasteiger partial charge >= 0.3 is 0 Å². The summed E-state index contributed by atoms with van der Waals surface area (Å²) in [6.07, 6.45) is 1.87. The summed E-state index contributed by atoms with van der Waals surface area (Å²) < 4.78 is 1.36. The Labute approximate surface area is 109 Å². The van der Waals surface area contributed by atoms with E-state index >= 15 is 0 Å². The molecule has 0 amide bonds. The van der Waals surface area contributed by atoms with Crippen LogP contribution in [0.5, 0.6) is 0 Å². The molecule has 0 fully saturated rings. The van der Waals surface area contributed by atoms with Crippen molar-refractivity contribution in [3.8, 4) is 11.1 Å². The van der Waals surface area contributed by atoms with Crippen LogP contribution in [0.25, 0.3) is 22.0 Å². The molecule has 1 heterocycles. The van der Waals surface area contributed by atoms with Gasteiger partial charge in [0.1, 0.15) is 0 Å². The molecular weight excluding hydrogens is 221 g/mol. The summed E-state index contributed by atoms with van der Waals surface area (Å²) in [4.78, 5) is 4.50. The van der Waals surface area contributed by atoms with Crippen molar-refractivity contribution in [2.24, 2.45) is 0 Å². The van der Waals surface area contributed by atoms with Crippen LogP contribution in [0, 0.1) is 0 Å². The third kappa shape index (κ3) is 1.87. The molecular formula is C15H12AlN. The van der Waals surface area contributed by atoms with Crippen LogP contribution in [0.15, 0.2) is 60.8 Å². The Morgan fingerprint density at radius 1 is 0.824 bits per heavy atom. The summed E-state index contributed by atoms with van der Waals surface area (Å²) in [5.41, 5.74) is 3.68. The molecule has 17 heavy (non-hydrogen) atoms. The minimum Gasteiger partial charge on any atom is -0.258 e. The van der Waals surface area contributed by atoms with E-state index in [9.17, 15) is 0 Å². The molecule has 0 atom stereocenters. The molecule has 3 rings (SSSR count). The Morgan fingerprint density at radius 2 is 1.65 bits per heavy atom. The van der Waals surface area contributed by atoms with E-state index in [1.165, 1.54) is 20.9 Å². The number of hydrogen-bond donors (Lipinski definition) is 0. The molecule has 80 valence electrons. The topological polar surface area (TPSA) is 12.9 Å². The molecule has 0 saturated carbocycles. The fraction of sp³-hybridized carbons (Fsp3) is 0. The molecule has 0 aliphatic carbocycles. The van der Waals surface area contributed by atoms with Gasteiger partial charge in [-0.25, -0.2) is 0 Å². The summed E-state index contributed by atoms with van der Waals surface area (Å²) in [5.74, 6) is 0. The number of aromatic nitrogens is 1. The maximum Gasteiger partial charge on any atom is 0.262 e. The standard InChI is InChI=1S/C15H10N.Al.2H/c1-2-6-12(7-3-1)13-8-4-10-15-14(13)9-5-11-16-15;;;/h1-9,11H;;;. The average Bonchev–Trinajstić information content (AvgIpc) is 2.41. The van der Waals surface area contributed by atoms with Crippen LogP contribution in [0.3, 0.4) is 0 Å². The first-order valence-corrected chi connectivity index (χ1v) is 6.76. The van der Waals surface area contributed by atoms with Crippen LogP contribution < -0.4 is 4.43 Å². The van der Waals surface area contributed by atoms with Gasteiger partial charge in [-0.15, -0.1) is 0 Å². The quantitative estimate of drug-likeness (QED) is 0.587. The van der Waals surface area contributed by atoms with Gasteiger partial charge in [-0.1, -0.05) is 53.0 Å². The first-order valence-electron chi connectivity index (χ1n) is 5.76. The smallest absolute Gasteiger partial charge is 0.258 e. The molecule has 1 nitrogen and oxygen atoms in total. The van der Waals surface area contributed by atoms with Gasteiger partial charge in [-0.05, 0) is 17.2 Å². The Bertz CT molecular complexity index is 662. The molecule has 0 unspecified atom stereocenters. The lowest BCUT2D eigenvalue weighted by atomic mass is 10.0. The molecule has 2 aromatic carbocycles. The van der Waals surface area contributed by atoms with Gasteiger partial charge in [0.2, 0.25) is 0 Å². The Hall–Kier alpha value is -1.62. The summed E-state index contributed by atoms with van der Waals surface area (Å²) >= 11 is 1.03. The van der Waals surface area contributed by atoms with Crippen molar-refractivity contribution in [3.05, 3.63) is 60.8 Å². The van der Waals surface area contributed by atoms with Crippen molar-refractivity contribution in [1.29, 1.82) is 0 Å². The molecule has 1 aromatic heterocycles. The molecule has 0 aliphatic rings. The largest absolute Gasteiger partial charge is 0.262 e. The van der Waals surface area contributed by atoms with Crippen LogP contribution in [-0.2, 0) is 0 Å². The average molecular weight is 233 g/mol. The third-order valence-corrected chi connectivity index (χ3v) is 3.86. The van der Waals surface area contributed by atoms with Crippen LogP contribution in [0.1, 0.15) is 0 Å². The summed E-state index contributed by atoms with van der Waals surface area (Å²) in [6, 6.07) is 19.1. The molecule has 0 aliphatic heterocycles. The van der Waals surface area contributed by atoms with Crippen LogP contribution in [0.2, 0.25) is 0 Å². The van der Waals surface area contributed by atoms with Crippen molar-refractivity contribution >= 4 is 31.6 Å². The number of fused-ring (bicyclic) bond motifs is 1. The highest BCUT2D eigenvalue weighted by Crippen LogP contribution is 2.25. The monoisotopic (exact) mass is 233 g/mol. The molecule has 0 saturated heterocycles. The SMILES string of the molecule is [AlH2][c]1ccc(-c2ccccc2)c2cccnc12. The van der Waals surface area contributed by atoms with Crippen LogP contribution >= 0.6 is 0 Å². The van der Waals surface area contributed by atoms with Crippen molar-refractivity contribution in [1.82, 2.24) is 4.98 Å². The number of pyridine rings is 1. The van der Waals surface area contributed by atoms with E-state index in [2.05, 4.69) is 47.4 Å². The molecule has 0 radical (unpaired) electrons. The zero-order valence-corrected chi connectivity index (χ0v) is 11.7. The first kappa shape index (κ1) is 10.5. The van der Waals surface area contributed by atoms with E-state index < -0.39 is 0 Å². The van der Waals surface area contributed by atoms with E-state index in [-0.39, 0.29) is 0 Å². The lowest BCUT2D eigenvalue weighted by Gasteiger charge is -2.08. The van der Waals surface area contributed by atoms with Gasteiger partial charge in [-0.3, -0.25) is 4.98 Å². The van der Waals surface area contributed by atoms with Gasteiger partial charge in [0.05, 0.1) is 5.52 Å². The van der Waals surface area contributed by atoms with E-state index in [0.29, 0.717) is 0 Å².